The molecule has 0 rings (SSSR count). The van der Waals surface area contributed by atoms with Crippen molar-refractivity contribution < 1.29 is 4.79 Å². The Labute approximate surface area is 65.7 Å². The van der Waals surface area contributed by atoms with Gasteiger partial charge in [0.2, 0.25) is 0 Å². The van der Waals surface area contributed by atoms with Gasteiger partial charge in [-0.2, -0.15) is 0 Å². The molecule has 0 atom stereocenters. The number of carbonyl (C=O) groups excluding carboxylic acids is 1. The zero-order chi connectivity index (χ0) is 8.15. The highest BCUT2D eigenvalue weighted by molar-refractivity contribution is 6.68. The van der Waals surface area contributed by atoms with Gasteiger partial charge in [-0.3, -0.25) is 4.79 Å². The molecule has 0 aliphatic heterocycles. The summed E-state index contributed by atoms with van der Waals surface area (Å²) in [5, 5.41) is -0.518. The lowest BCUT2D eigenvalue weighted by atomic mass is 10.1. The third-order valence-corrected chi connectivity index (χ3v) is 1.31. The second-order valence-electron chi connectivity index (χ2n) is 1.84. The lowest BCUT2D eigenvalue weighted by molar-refractivity contribution is -0.108. The summed E-state index contributed by atoms with van der Waals surface area (Å²) in [7, 11) is 0. The fourth-order valence-electron chi connectivity index (χ4n) is 0.432. The molecule has 0 saturated carbocycles. The summed E-state index contributed by atoms with van der Waals surface area (Å²) in [5.41, 5.74) is 1.07. The van der Waals surface area contributed by atoms with E-state index in [2.05, 4.69) is 13.2 Å². The van der Waals surface area contributed by atoms with Gasteiger partial charge in [-0.15, -0.1) is 0 Å². The first-order chi connectivity index (χ1) is 4.59. The first-order valence-corrected chi connectivity index (χ1v) is 3.15. The molecule has 0 aromatic rings. The summed E-state index contributed by atoms with van der Waals surface area (Å²) in [5.74, 6) is 0. The maximum absolute atomic E-state index is 10.5. The monoisotopic (exact) mass is 156 g/mol. The molecule has 0 unspecified atom stereocenters. The van der Waals surface area contributed by atoms with Gasteiger partial charge in [-0.25, -0.2) is 0 Å². The van der Waals surface area contributed by atoms with E-state index >= 15 is 0 Å². The van der Waals surface area contributed by atoms with E-state index in [0.717, 1.165) is 5.57 Å². The van der Waals surface area contributed by atoms with Crippen molar-refractivity contribution in [1.29, 1.82) is 0 Å². The summed E-state index contributed by atoms with van der Waals surface area (Å²) in [6.07, 6.45) is 3.27. The van der Waals surface area contributed by atoms with Crippen LogP contribution >= 0.6 is 11.6 Å². The van der Waals surface area contributed by atoms with Gasteiger partial charge < -0.3 is 0 Å². The first-order valence-electron chi connectivity index (χ1n) is 2.78. The van der Waals surface area contributed by atoms with E-state index in [0.29, 0.717) is 5.57 Å². The molecule has 0 amide bonds. The molecular formula is C8H9ClO. The second-order valence-corrected chi connectivity index (χ2v) is 2.18. The average Bonchev–Trinajstić information content (AvgIpc) is 1.87. The summed E-state index contributed by atoms with van der Waals surface area (Å²) in [4.78, 5) is 10.5. The molecule has 10 heavy (non-hydrogen) atoms. The van der Waals surface area contributed by atoms with Crippen LogP contribution in [0.4, 0.5) is 0 Å². The lowest BCUT2D eigenvalue weighted by Gasteiger charge is -1.95. The highest BCUT2D eigenvalue weighted by Gasteiger charge is 2.02. The van der Waals surface area contributed by atoms with Crippen LogP contribution in [-0.4, -0.2) is 5.24 Å². The third kappa shape index (κ3) is 2.65. The maximum atomic E-state index is 10.5. The van der Waals surface area contributed by atoms with E-state index in [1.807, 2.05) is 0 Å². The van der Waals surface area contributed by atoms with E-state index < -0.39 is 5.24 Å². The maximum Gasteiger partial charge on any atom is 0.252 e. The van der Waals surface area contributed by atoms with Gasteiger partial charge in [-0.05, 0) is 24.1 Å². The van der Waals surface area contributed by atoms with Crippen molar-refractivity contribution in [2.75, 3.05) is 0 Å². The van der Waals surface area contributed by atoms with Crippen molar-refractivity contribution in [3.8, 4) is 0 Å². The minimum Gasteiger partial charge on any atom is -0.276 e. The van der Waals surface area contributed by atoms with E-state index in [1.165, 1.54) is 0 Å². The molecule has 0 fully saturated rings. The molecule has 2 heteroatoms. The second kappa shape index (κ2) is 4.07. The molecule has 0 aromatic heterocycles. The summed E-state index contributed by atoms with van der Waals surface area (Å²) in [6, 6.07) is 0. The SMILES string of the molecule is C=C/C=C(/C)C(=C)C(=O)Cl. The molecule has 0 bridgehead atoms. The summed E-state index contributed by atoms with van der Waals surface area (Å²) >= 11 is 5.15. The predicted octanol–water partition coefficient (Wildman–Crippen LogP) is 2.44. The minimum atomic E-state index is -0.518. The minimum absolute atomic E-state index is 0.321. The van der Waals surface area contributed by atoms with Crippen LogP contribution in [0.25, 0.3) is 0 Å². The third-order valence-electron chi connectivity index (χ3n) is 1.08. The largest absolute Gasteiger partial charge is 0.276 e. The van der Waals surface area contributed by atoms with Crippen LogP contribution in [0.5, 0.6) is 0 Å². The zero-order valence-electron chi connectivity index (χ0n) is 5.86. The molecule has 0 aliphatic carbocycles. The van der Waals surface area contributed by atoms with Gasteiger partial charge in [0, 0.05) is 5.57 Å². The molecule has 0 spiro atoms. The van der Waals surface area contributed by atoms with Gasteiger partial charge in [-0.1, -0.05) is 25.3 Å². The highest BCUT2D eigenvalue weighted by Crippen LogP contribution is 2.09. The predicted molar refractivity (Wildman–Crippen MR) is 44.0 cm³/mol. The molecule has 0 aromatic carbocycles. The van der Waals surface area contributed by atoms with Crippen LogP contribution in [0, 0.1) is 0 Å². The number of halogens is 1. The topological polar surface area (TPSA) is 17.1 Å². The molecule has 1 nitrogen and oxygen atoms in total. The Morgan fingerprint density at radius 3 is 2.40 bits per heavy atom. The van der Waals surface area contributed by atoms with Gasteiger partial charge in [0.15, 0.2) is 0 Å². The standard InChI is InChI=1S/C8H9ClO/c1-4-5-6(2)7(3)8(9)10/h4-5H,1,3H2,2H3/b6-5-. The Morgan fingerprint density at radius 2 is 2.10 bits per heavy atom. The number of carbonyl (C=O) groups is 1. The van der Waals surface area contributed by atoms with Crippen molar-refractivity contribution in [1.82, 2.24) is 0 Å². The number of allylic oxidation sites excluding steroid dienone is 4. The Bertz CT molecular complexity index is 201. The van der Waals surface area contributed by atoms with E-state index in [1.54, 1.807) is 19.1 Å². The molecular weight excluding hydrogens is 148 g/mol. The summed E-state index contributed by atoms with van der Waals surface area (Å²) in [6.45, 7) is 8.70. The van der Waals surface area contributed by atoms with Gasteiger partial charge in [0.05, 0.1) is 0 Å². The van der Waals surface area contributed by atoms with E-state index in [4.69, 9.17) is 11.6 Å². The fourth-order valence-corrected chi connectivity index (χ4v) is 0.581. The van der Waals surface area contributed by atoms with E-state index in [-0.39, 0.29) is 0 Å². The lowest BCUT2D eigenvalue weighted by Crippen LogP contribution is -1.91. The fraction of sp³-hybridized carbons (Fsp3) is 0.125. The highest BCUT2D eigenvalue weighted by atomic mass is 35.5. The number of rotatable bonds is 3. The van der Waals surface area contributed by atoms with Crippen LogP contribution in [0.3, 0.4) is 0 Å². The smallest absolute Gasteiger partial charge is 0.252 e. The Hall–Kier alpha value is -0.820. The summed E-state index contributed by atoms with van der Waals surface area (Å²) < 4.78 is 0. The molecule has 0 N–H and O–H groups in total. The van der Waals surface area contributed by atoms with Gasteiger partial charge >= 0.3 is 0 Å². The van der Waals surface area contributed by atoms with E-state index in [9.17, 15) is 4.79 Å². The van der Waals surface area contributed by atoms with Crippen LogP contribution < -0.4 is 0 Å². The molecule has 54 valence electrons. The molecule has 0 saturated heterocycles. The van der Waals surface area contributed by atoms with Crippen LogP contribution in [0.2, 0.25) is 0 Å². The van der Waals surface area contributed by atoms with Gasteiger partial charge in [0.25, 0.3) is 5.24 Å². The van der Waals surface area contributed by atoms with Crippen molar-refractivity contribution in [3.05, 3.63) is 36.5 Å². The van der Waals surface area contributed by atoms with Crippen molar-refractivity contribution in [2.24, 2.45) is 0 Å². The average molecular weight is 157 g/mol. The Morgan fingerprint density at radius 1 is 1.60 bits per heavy atom. The Kier molecular flexibility index (Phi) is 3.74. The van der Waals surface area contributed by atoms with Crippen molar-refractivity contribution in [3.63, 3.8) is 0 Å². The zero-order valence-corrected chi connectivity index (χ0v) is 6.61. The molecule has 0 radical (unpaired) electrons. The number of hydrogen-bond acceptors (Lipinski definition) is 1. The molecule has 0 heterocycles. The van der Waals surface area contributed by atoms with Crippen molar-refractivity contribution in [2.45, 2.75) is 6.92 Å². The molecule has 0 aliphatic rings. The number of hydrogen-bond donors (Lipinski definition) is 0. The van der Waals surface area contributed by atoms with Gasteiger partial charge in [0.1, 0.15) is 0 Å². The van der Waals surface area contributed by atoms with Crippen LogP contribution in [0.15, 0.2) is 36.5 Å². The van der Waals surface area contributed by atoms with Crippen molar-refractivity contribution >= 4 is 16.8 Å². The normalized spacial score (nSPS) is 10.8. The quantitative estimate of drug-likeness (QED) is 0.349. The first kappa shape index (κ1) is 9.18. The Balaban J connectivity index is 4.36. The van der Waals surface area contributed by atoms with Crippen LogP contribution in [0.1, 0.15) is 6.92 Å². The van der Waals surface area contributed by atoms with Crippen LogP contribution in [-0.2, 0) is 4.79 Å².